The van der Waals surface area contributed by atoms with Gasteiger partial charge in [-0.2, -0.15) is 0 Å². The van der Waals surface area contributed by atoms with Crippen LogP contribution in [0.15, 0.2) is 24.3 Å². The van der Waals surface area contributed by atoms with Crippen molar-refractivity contribution in [3.05, 3.63) is 29.8 Å². The number of hydrogen-bond acceptors (Lipinski definition) is 2. The molecule has 0 amide bonds. The lowest BCUT2D eigenvalue weighted by atomic mass is 10.0. The highest BCUT2D eigenvalue weighted by Gasteiger charge is 2.08. The molecule has 1 rings (SSSR count). The average Bonchev–Trinajstić information content (AvgIpc) is 2.49. The molecule has 1 atom stereocenters. The van der Waals surface area contributed by atoms with Gasteiger partial charge in [-0.1, -0.05) is 52.2 Å². The van der Waals surface area contributed by atoms with E-state index in [1.54, 1.807) is 0 Å². The van der Waals surface area contributed by atoms with Crippen LogP contribution in [0.1, 0.15) is 70.9 Å². The molecular weight excluding hydrogens is 246 g/mol. The zero-order chi connectivity index (χ0) is 14.6. The Labute approximate surface area is 124 Å². The molecule has 1 aromatic rings. The monoisotopic (exact) mass is 277 g/mol. The highest BCUT2D eigenvalue weighted by atomic mass is 16.5. The van der Waals surface area contributed by atoms with Crippen LogP contribution in [0.5, 0.6) is 5.75 Å². The third-order valence-corrected chi connectivity index (χ3v) is 3.58. The highest BCUT2D eigenvalue weighted by molar-refractivity contribution is 5.29. The number of nitrogens with one attached hydrogen (secondary N) is 1. The summed E-state index contributed by atoms with van der Waals surface area (Å²) >= 11 is 0. The fraction of sp³-hybridized carbons (Fsp3) is 0.667. The Morgan fingerprint density at radius 1 is 0.950 bits per heavy atom. The van der Waals surface area contributed by atoms with E-state index in [9.17, 15) is 0 Å². The molecule has 0 aliphatic rings. The van der Waals surface area contributed by atoms with Crippen LogP contribution in [0.25, 0.3) is 0 Å². The number of ether oxygens (including phenoxy) is 1. The standard InChI is InChI=1S/C18H31NO/c1-4-7-8-9-14-19-18(6-3)16-10-12-17(13-11-16)20-15-5-2/h10-13,18-19H,4-9,14-15H2,1-3H3. The van der Waals surface area contributed by atoms with Crippen LogP contribution in [-0.4, -0.2) is 13.2 Å². The number of hydrogen-bond donors (Lipinski definition) is 1. The maximum Gasteiger partial charge on any atom is 0.119 e. The van der Waals surface area contributed by atoms with Gasteiger partial charge in [0.15, 0.2) is 0 Å². The summed E-state index contributed by atoms with van der Waals surface area (Å²) in [4.78, 5) is 0. The van der Waals surface area contributed by atoms with E-state index in [0.29, 0.717) is 6.04 Å². The van der Waals surface area contributed by atoms with Gasteiger partial charge in [0.25, 0.3) is 0 Å². The predicted molar refractivity (Wildman–Crippen MR) is 87.4 cm³/mol. The normalized spacial score (nSPS) is 12.3. The Bertz CT molecular complexity index is 334. The first-order chi connectivity index (χ1) is 9.81. The molecule has 0 bridgehead atoms. The minimum Gasteiger partial charge on any atom is -0.494 e. The molecule has 0 fully saturated rings. The first-order valence-corrected chi connectivity index (χ1v) is 8.27. The number of unbranched alkanes of at least 4 members (excludes halogenated alkanes) is 3. The lowest BCUT2D eigenvalue weighted by Gasteiger charge is -2.18. The molecule has 1 N–H and O–H groups in total. The van der Waals surface area contributed by atoms with Crippen molar-refractivity contribution in [2.75, 3.05) is 13.2 Å². The van der Waals surface area contributed by atoms with Crippen LogP contribution in [-0.2, 0) is 0 Å². The van der Waals surface area contributed by atoms with Crippen molar-refractivity contribution < 1.29 is 4.74 Å². The van der Waals surface area contributed by atoms with E-state index in [2.05, 4.69) is 50.4 Å². The Morgan fingerprint density at radius 2 is 1.70 bits per heavy atom. The van der Waals surface area contributed by atoms with Crippen LogP contribution < -0.4 is 10.1 Å². The summed E-state index contributed by atoms with van der Waals surface area (Å²) in [6.07, 6.45) is 7.45. The predicted octanol–water partition coefficient (Wildman–Crippen LogP) is 5.10. The van der Waals surface area contributed by atoms with Gasteiger partial charge < -0.3 is 10.1 Å². The van der Waals surface area contributed by atoms with Crippen molar-refractivity contribution in [2.24, 2.45) is 0 Å². The van der Waals surface area contributed by atoms with Gasteiger partial charge in [0.2, 0.25) is 0 Å². The van der Waals surface area contributed by atoms with E-state index >= 15 is 0 Å². The van der Waals surface area contributed by atoms with E-state index in [1.807, 2.05) is 0 Å². The molecule has 0 aliphatic carbocycles. The molecule has 2 nitrogen and oxygen atoms in total. The summed E-state index contributed by atoms with van der Waals surface area (Å²) in [5, 5.41) is 3.67. The summed E-state index contributed by atoms with van der Waals surface area (Å²) in [6.45, 7) is 8.54. The molecule has 114 valence electrons. The Hall–Kier alpha value is -1.02. The van der Waals surface area contributed by atoms with E-state index in [4.69, 9.17) is 4.74 Å². The third kappa shape index (κ3) is 6.42. The summed E-state index contributed by atoms with van der Waals surface area (Å²) < 4.78 is 5.63. The van der Waals surface area contributed by atoms with E-state index in [0.717, 1.165) is 31.7 Å². The number of rotatable bonds is 11. The van der Waals surface area contributed by atoms with E-state index in [1.165, 1.54) is 31.2 Å². The lowest BCUT2D eigenvalue weighted by molar-refractivity contribution is 0.317. The van der Waals surface area contributed by atoms with Gasteiger partial charge in [0.05, 0.1) is 6.61 Å². The molecule has 0 spiro atoms. The molecule has 0 heterocycles. The van der Waals surface area contributed by atoms with Crippen molar-refractivity contribution >= 4 is 0 Å². The first-order valence-electron chi connectivity index (χ1n) is 8.27. The van der Waals surface area contributed by atoms with Gasteiger partial charge in [-0.25, -0.2) is 0 Å². The SMILES string of the molecule is CCCCCCNC(CC)c1ccc(OCCC)cc1. The quantitative estimate of drug-likeness (QED) is 0.568. The third-order valence-electron chi connectivity index (χ3n) is 3.58. The molecule has 1 unspecified atom stereocenters. The molecule has 2 heteroatoms. The van der Waals surface area contributed by atoms with Gasteiger partial charge >= 0.3 is 0 Å². The zero-order valence-corrected chi connectivity index (χ0v) is 13.5. The highest BCUT2D eigenvalue weighted by Crippen LogP contribution is 2.20. The van der Waals surface area contributed by atoms with E-state index in [-0.39, 0.29) is 0 Å². The summed E-state index contributed by atoms with van der Waals surface area (Å²) in [5.41, 5.74) is 1.37. The fourth-order valence-corrected chi connectivity index (χ4v) is 2.34. The van der Waals surface area contributed by atoms with Crippen molar-refractivity contribution in [1.29, 1.82) is 0 Å². The fourth-order valence-electron chi connectivity index (χ4n) is 2.34. The molecule has 0 saturated carbocycles. The maximum absolute atomic E-state index is 5.63. The zero-order valence-electron chi connectivity index (χ0n) is 13.5. The van der Waals surface area contributed by atoms with Crippen molar-refractivity contribution in [3.8, 4) is 5.75 Å². The summed E-state index contributed by atoms with van der Waals surface area (Å²) in [6, 6.07) is 9.03. The molecule has 0 radical (unpaired) electrons. The topological polar surface area (TPSA) is 21.3 Å². The second kappa shape index (κ2) is 10.7. The maximum atomic E-state index is 5.63. The van der Waals surface area contributed by atoms with Crippen LogP contribution in [0, 0.1) is 0 Å². The second-order valence-corrected chi connectivity index (χ2v) is 5.39. The minimum atomic E-state index is 0.469. The smallest absolute Gasteiger partial charge is 0.119 e. The van der Waals surface area contributed by atoms with Gasteiger partial charge in [0.1, 0.15) is 5.75 Å². The second-order valence-electron chi connectivity index (χ2n) is 5.39. The van der Waals surface area contributed by atoms with Crippen LogP contribution >= 0.6 is 0 Å². The van der Waals surface area contributed by atoms with Crippen LogP contribution in [0.4, 0.5) is 0 Å². The van der Waals surface area contributed by atoms with Crippen molar-refractivity contribution in [2.45, 2.75) is 65.3 Å². The molecule has 1 aromatic carbocycles. The minimum absolute atomic E-state index is 0.469. The molecule has 0 aliphatic heterocycles. The number of benzene rings is 1. The van der Waals surface area contributed by atoms with Gasteiger partial charge in [0, 0.05) is 6.04 Å². The Balaban J connectivity index is 2.40. The Kier molecular flexibility index (Phi) is 9.14. The molecule has 20 heavy (non-hydrogen) atoms. The molecular formula is C18H31NO. The first kappa shape index (κ1) is 17.0. The average molecular weight is 277 g/mol. The Morgan fingerprint density at radius 3 is 2.30 bits per heavy atom. The molecule has 0 aromatic heterocycles. The molecule has 0 saturated heterocycles. The summed E-state index contributed by atoms with van der Waals surface area (Å²) in [7, 11) is 0. The lowest BCUT2D eigenvalue weighted by Crippen LogP contribution is -2.21. The van der Waals surface area contributed by atoms with Crippen molar-refractivity contribution in [3.63, 3.8) is 0 Å². The van der Waals surface area contributed by atoms with Gasteiger partial charge in [-0.3, -0.25) is 0 Å². The van der Waals surface area contributed by atoms with E-state index < -0.39 is 0 Å². The summed E-state index contributed by atoms with van der Waals surface area (Å²) in [5.74, 6) is 0.980. The largest absolute Gasteiger partial charge is 0.494 e. The van der Waals surface area contributed by atoms with Crippen LogP contribution in [0.2, 0.25) is 0 Å². The van der Waals surface area contributed by atoms with Crippen molar-refractivity contribution in [1.82, 2.24) is 5.32 Å². The van der Waals surface area contributed by atoms with Gasteiger partial charge in [-0.05, 0) is 43.5 Å². The van der Waals surface area contributed by atoms with Crippen LogP contribution in [0.3, 0.4) is 0 Å². The van der Waals surface area contributed by atoms with Gasteiger partial charge in [-0.15, -0.1) is 0 Å².